The van der Waals surface area contributed by atoms with Gasteiger partial charge in [-0.05, 0) is 41.8 Å². The Labute approximate surface area is 131 Å². The Morgan fingerprint density at radius 3 is 2.81 bits per heavy atom. The van der Waals surface area contributed by atoms with Gasteiger partial charge in [0.2, 0.25) is 0 Å². The van der Waals surface area contributed by atoms with Crippen molar-refractivity contribution in [3.05, 3.63) is 53.0 Å². The highest BCUT2D eigenvalue weighted by molar-refractivity contribution is 9.10. The second kappa shape index (κ2) is 5.28. The van der Waals surface area contributed by atoms with Gasteiger partial charge in [0.15, 0.2) is 12.2 Å². The van der Waals surface area contributed by atoms with Crippen LogP contribution >= 0.6 is 15.9 Å². The molecule has 1 aliphatic rings. The maximum Gasteiger partial charge on any atom is 0.181 e. The quantitative estimate of drug-likeness (QED) is 0.757. The molecule has 0 unspecified atom stereocenters. The standard InChI is InChI=1S/C17H15BrN2O/c18-14-4-3-11-7-13(2-1-12(11)8-14)17-16(20-10-21-17)9-19-15-5-6-15/h1-4,7-8,10,15,19H,5-6,9H2. The minimum Gasteiger partial charge on any atom is -0.443 e. The SMILES string of the molecule is Brc1ccc2cc(-c3ocnc3CNC3CC3)ccc2c1. The zero-order valence-corrected chi connectivity index (χ0v) is 13.1. The van der Waals surface area contributed by atoms with E-state index in [1.165, 1.54) is 30.0 Å². The average molecular weight is 343 g/mol. The molecule has 2 aromatic carbocycles. The zero-order chi connectivity index (χ0) is 14.2. The van der Waals surface area contributed by atoms with Crippen LogP contribution in [0.5, 0.6) is 0 Å². The third-order valence-electron chi connectivity index (χ3n) is 3.84. The number of rotatable bonds is 4. The molecule has 21 heavy (non-hydrogen) atoms. The Morgan fingerprint density at radius 2 is 1.95 bits per heavy atom. The molecular weight excluding hydrogens is 328 g/mol. The van der Waals surface area contributed by atoms with E-state index in [0.29, 0.717) is 6.04 Å². The number of oxazole rings is 1. The van der Waals surface area contributed by atoms with Crippen LogP contribution < -0.4 is 5.32 Å². The van der Waals surface area contributed by atoms with Crippen molar-refractivity contribution in [2.75, 3.05) is 0 Å². The van der Waals surface area contributed by atoms with Crippen LogP contribution in [0.4, 0.5) is 0 Å². The highest BCUT2D eigenvalue weighted by Gasteiger charge is 2.21. The monoisotopic (exact) mass is 342 g/mol. The first-order valence-corrected chi connectivity index (χ1v) is 7.94. The average Bonchev–Trinajstić information content (AvgIpc) is 3.21. The molecular formula is C17H15BrN2O. The van der Waals surface area contributed by atoms with Gasteiger partial charge in [0.1, 0.15) is 5.69 Å². The van der Waals surface area contributed by atoms with E-state index < -0.39 is 0 Å². The lowest BCUT2D eigenvalue weighted by molar-refractivity contribution is 0.569. The third-order valence-corrected chi connectivity index (χ3v) is 4.33. The highest BCUT2D eigenvalue weighted by Crippen LogP contribution is 2.29. The van der Waals surface area contributed by atoms with Gasteiger partial charge in [-0.1, -0.05) is 34.1 Å². The minimum absolute atomic E-state index is 0.670. The Kier molecular flexibility index (Phi) is 3.28. The number of benzene rings is 2. The summed E-state index contributed by atoms with van der Waals surface area (Å²) in [4.78, 5) is 4.35. The molecule has 1 fully saturated rings. The van der Waals surface area contributed by atoms with E-state index in [0.717, 1.165) is 28.0 Å². The summed E-state index contributed by atoms with van der Waals surface area (Å²) in [5, 5.41) is 5.90. The molecule has 1 N–H and O–H groups in total. The van der Waals surface area contributed by atoms with E-state index in [4.69, 9.17) is 4.42 Å². The first-order chi connectivity index (χ1) is 10.3. The lowest BCUT2D eigenvalue weighted by Crippen LogP contribution is -2.15. The van der Waals surface area contributed by atoms with Crippen molar-refractivity contribution in [3.63, 3.8) is 0 Å². The van der Waals surface area contributed by atoms with Gasteiger partial charge in [-0.15, -0.1) is 0 Å². The van der Waals surface area contributed by atoms with Gasteiger partial charge in [-0.3, -0.25) is 0 Å². The second-order valence-electron chi connectivity index (χ2n) is 5.49. The third kappa shape index (κ3) is 2.74. The molecule has 106 valence electrons. The van der Waals surface area contributed by atoms with Gasteiger partial charge >= 0.3 is 0 Å². The molecule has 0 radical (unpaired) electrons. The van der Waals surface area contributed by atoms with Gasteiger partial charge in [-0.25, -0.2) is 4.98 Å². The number of aromatic nitrogens is 1. The predicted molar refractivity (Wildman–Crippen MR) is 87.0 cm³/mol. The molecule has 3 nitrogen and oxygen atoms in total. The molecule has 4 heteroatoms. The van der Waals surface area contributed by atoms with E-state index in [9.17, 15) is 0 Å². The molecule has 4 rings (SSSR count). The zero-order valence-electron chi connectivity index (χ0n) is 11.5. The number of halogens is 1. The summed E-state index contributed by atoms with van der Waals surface area (Å²) in [6.45, 7) is 0.773. The summed E-state index contributed by atoms with van der Waals surface area (Å²) in [6, 6.07) is 13.3. The van der Waals surface area contributed by atoms with Crippen molar-refractivity contribution >= 4 is 26.7 Å². The van der Waals surface area contributed by atoms with Crippen molar-refractivity contribution < 1.29 is 4.42 Å². The maximum absolute atomic E-state index is 5.62. The van der Waals surface area contributed by atoms with Gasteiger partial charge in [-0.2, -0.15) is 0 Å². The van der Waals surface area contributed by atoms with Crippen molar-refractivity contribution in [1.29, 1.82) is 0 Å². The summed E-state index contributed by atoms with van der Waals surface area (Å²) in [6.07, 6.45) is 4.08. The highest BCUT2D eigenvalue weighted by atomic mass is 79.9. The summed E-state index contributed by atoms with van der Waals surface area (Å²) < 4.78 is 6.71. The summed E-state index contributed by atoms with van der Waals surface area (Å²) in [5.41, 5.74) is 2.06. The van der Waals surface area contributed by atoms with Crippen LogP contribution in [0.3, 0.4) is 0 Å². The Bertz CT molecular complexity index is 792. The van der Waals surface area contributed by atoms with Gasteiger partial charge in [0.05, 0.1) is 0 Å². The van der Waals surface area contributed by atoms with Crippen molar-refractivity contribution in [1.82, 2.24) is 10.3 Å². The molecule has 0 bridgehead atoms. The number of nitrogens with one attached hydrogen (secondary N) is 1. The first kappa shape index (κ1) is 13.0. The molecule has 1 aromatic heterocycles. The Balaban J connectivity index is 1.69. The molecule has 0 amide bonds. The molecule has 0 atom stereocenters. The summed E-state index contributed by atoms with van der Waals surface area (Å²) >= 11 is 3.50. The van der Waals surface area contributed by atoms with E-state index in [2.05, 4.69) is 62.6 Å². The van der Waals surface area contributed by atoms with E-state index >= 15 is 0 Å². The van der Waals surface area contributed by atoms with Crippen molar-refractivity contribution in [3.8, 4) is 11.3 Å². The van der Waals surface area contributed by atoms with Crippen LogP contribution in [0.2, 0.25) is 0 Å². The molecule has 1 aliphatic carbocycles. The van der Waals surface area contributed by atoms with E-state index in [1.54, 1.807) is 0 Å². The molecule has 0 aliphatic heterocycles. The van der Waals surface area contributed by atoms with Crippen LogP contribution in [-0.2, 0) is 6.54 Å². The van der Waals surface area contributed by atoms with Crippen LogP contribution in [0, 0.1) is 0 Å². The van der Waals surface area contributed by atoms with Crippen LogP contribution in [0.25, 0.3) is 22.1 Å². The normalized spacial score (nSPS) is 14.7. The number of hydrogen-bond acceptors (Lipinski definition) is 3. The van der Waals surface area contributed by atoms with Crippen LogP contribution in [0.15, 0.2) is 51.7 Å². The predicted octanol–water partition coefficient (Wildman–Crippen LogP) is 4.51. The van der Waals surface area contributed by atoms with E-state index in [1.807, 2.05) is 0 Å². The van der Waals surface area contributed by atoms with Crippen molar-refractivity contribution in [2.45, 2.75) is 25.4 Å². The second-order valence-corrected chi connectivity index (χ2v) is 6.41. The summed E-state index contributed by atoms with van der Waals surface area (Å²) in [7, 11) is 0. The van der Waals surface area contributed by atoms with Crippen LogP contribution in [-0.4, -0.2) is 11.0 Å². The molecule has 0 spiro atoms. The lowest BCUT2D eigenvalue weighted by Gasteiger charge is -2.05. The topological polar surface area (TPSA) is 38.1 Å². The minimum atomic E-state index is 0.670. The fourth-order valence-corrected chi connectivity index (χ4v) is 2.89. The fourth-order valence-electron chi connectivity index (χ4n) is 2.52. The number of hydrogen-bond donors (Lipinski definition) is 1. The van der Waals surface area contributed by atoms with Crippen LogP contribution in [0.1, 0.15) is 18.5 Å². The lowest BCUT2D eigenvalue weighted by atomic mass is 10.0. The Hall–Kier alpha value is -1.65. The summed E-state index contributed by atoms with van der Waals surface area (Å²) in [5.74, 6) is 0.868. The van der Waals surface area contributed by atoms with Gasteiger partial charge in [0, 0.05) is 22.6 Å². The number of fused-ring (bicyclic) bond motifs is 1. The van der Waals surface area contributed by atoms with Crippen molar-refractivity contribution in [2.24, 2.45) is 0 Å². The largest absolute Gasteiger partial charge is 0.443 e. The molecule has 0 saturated heterocycles. The first-order valence-electron chi connectivity index (χ1n) is 7.15. The Morgan fingerprint density at radius 1 is 1.14 bits per heavy atom. The molecule has 1 heterocycles. The smallest absolute Gasteiger partial charge is 0.181 e. The fraction of sp³-hybridized carbons (Fsp3) is 0.235. The van der Waals surface area contributed by atoms with Gasteiger partial charge < -0.3 is 9.73 Å². The maximum atomic E-state index is 5.62. The van der Waals surface area contributed by atoms with E-state index in [-0.39, 0.29) is 0 Å². The molecule has 1 saturated carbocycles. The molecule has 3 aromatic rings. The van der Waals surface area contributed by atoms with Gasteiger partial charge in [0.25, 0.3) is 0 Å². The number of nitrogens with zero attached hydrogens (tertiary/aromatic N) is 1.